The molecule has 0 N–H and O–H groups in total. The molecular formula is C12H24N. The zero-order valence-corrected chi connectivity index (χ0v) is 9.64. The van der Waals surface area contributed by atoms with Gasteiger partial charge < -0.3 is 0 Å². The highest BCUT2D eigenvalue weighted by Crippen LogP contribution is 2.31. The molecule has 1 nitrogen and oxygen atoms in total. The lowest BCUT2D eigenvalue weighted by Crippen LogP contribution is -2.30. The summed E-state index contributed by atoms with van der Waals surface area (Å²) in [5.41, 5.74) is 0.483. The molecule has 1 fully saturated rings. The molecule has 1 heteroatoms. The van der Waals surface area contributed by atoms with E-state index in [-0.39, 0.29) is 0 Å². The molecule has 0 bridgehead atoms. The fourth-order valence-electron chi connectivity index (χ4n) is 2.41. The largest absolute Gasteiger partial charge is 0.241 e. The highest BCUT2D eigenvalue weighted by atomic mass is 14.9. The van der Waals surface area contributed by atoms with Gasteiger partial charge in [0.2, 0.25) is 0 Å². The third kappa shape index (κ3) is 4.12. The Balaban J connectivity index is 2.33. The van der Waals surface area contributed by atoms with Gasteiger partial charge in [-0.2, -0.15) is 0 Å². The molecule has 0 saturated carbocycles. The van der Waals surface area contributed by atoms with Gasteiger partial charge in [-0.15, -0.1) is 0 Å². The first kappa shape index (κ1) is 11.0. The van der Waals surface area contributed by atoms with Crippen LogP contribution in [0, 0.1) is 17.3 Å². The maximum absolute atomic E-state index is 4.51. The van der Waals surface area contributed by atoms with Crippen LogP contribution in [0.3, 0.4) is 0 Å². The normalized spacial score (nSPS) is 27.2. The quantitative estimate of drug-likeness (QED) is 0.623. The van der Waals surface area contributed by atoms with Crippen molar-refractivity contribution in [2.75, 3.05) is 13.1 Å². The van der Waals surface area contributed by atoms with E-state index in [1.807, 2.05) is 0 Å². The molecule has 1 aliphatic rings. The van der Waals surface area contributed by atoms with Crippen molar-refractivity contribution in [3.05, 3.63) is 0 Å². The van der Waals surface area contributed by atoms with Gasteiger partial charge in [-0.1, -0.05) is 27.7 Å². The monoisotopic (exact) mass is 182 g/mol. The molecule has 1 rings (SSSR count). The van der Waals surface area contributed by atoms with Crippen LogP contribution in [0.15, 0.2) is 0 Å². The molecule has 1 aliphatic heterocycles. The molecule has 0 aromatic heterocycles. The van der Waals surface area contributed by atoms with E-state index < -0.39 is 0 Å². The van der Waals surface area contributed by atoms with Crippen LogP contribution in [0.2, 0.25) is 0 Å². The molecule has 1 saturated heterocycles. The highest BCUT2D eigenvalue weighted by molar-refractivity contribution is 4.77. The van der Waals surface area contributed by atoms with E-state index in [1.165, 1.54) is 19.3 Å². The molecular weight excluding hydrogens is 158 g/mol. The Morgan fingerprint density at radius 3 is 2.54 bits per heavy atom. The van der Waals surface area contributed by atoms with Gasteiger partial charge in [-0.3, -0.25) is 0 Å². The van der Waals surface area contributed by atoms with E-state index >= 15 is 0 Å². The second-order valence-electron chi connectivity index (χ2n) is 5.77. The van der Waals surface area contributed by atoms with Crippen LogP contribution >= 0.6 is 0 Å². The summed E-state index contributed by atoms with van der Waals surface area (Å²) in [6, 6.07) is 0. The van der Waals surface area contributed by atoms with Crippen molar-refractivity contribution in [3.8, 4) is 0 Å². The second-order valence-corrected chi connectivity index (χ2v) is 5.77. The van der Waals surface area contributed by atoms with E-state index in [1.54, 1.807) is 0 Å². The number of rotatable bonds is 2. The molecule has 77 valence electrons. The molecule has 2 atom stereocenters. The molecule has 0 aromatic carbocycles. The first-order valence-corrected chi connectivity index (χ1v) is 5.62. The van der Waals surface area contributed by atoms with Gasteiger partial charge in [0.1, 0.15) is 0 Å². The van der Waals surface area contributed by atoms with Crippen molar-refractivity contribution in [1.82, 2.24) is 5.32 Å². The third-order valence-corrected chi connectivity index (χ3v) is 2.99. The van der Waals surface area contributed by atoms with E-state index in [2.05, 4.69) is 33.0 Å². The zero-order chi connectivity index (χ0) is 9.90. The second kappa shape index (κ2) is 4.45. The van der Waals surface area contributed by atoms with E-state index in [0.29, 0.717) is 5.41 Å². The number of hydrogen-bond donors (Lipinski definition) is 0. The number of piperidine rings is 1. The molecule has 0 amide bonds. The molecule has 0 spiro atoms. The lowest BCUT2D eigenvalue weighted by Gasteiger charge is -2.31. The maximum atomic E-state index is 4.51. The molecule has 0 aliphatic carbocycles. The third-order valence-electron chi connectivity index (χ3n) is 2.99. The molecule has 2 unspecified atom stereocenters. The predicted molar refractivity (Wildman–Crippen MR) is 57.8 cm³/mol. The molecule has 1 radical (unpaired) electrons. The Morgan fingerprint density at radius 2 is 2.08 bits per heavy atom. The summed E-state index contributed by atoms with van der Waals surface area (Å²) < 4.78 is 0. The van der Waals surface area contributed by atoms with Crippen molar-refractivity contribution >= 4 is 0 Å². The summed E-state index contributed by atoms with van der Waals surface area (Å²) in [6.07, 6.45) is 4.06. The molecule has 1 heterocycles. The van der Waals surface area contributed by atoms with E-state index in [0.717, 1.165) is 24.9 Å². The van der Waals surface area contributed by atoms with Crippen LogP contribution in [0.5, 0.6) is 0 Å². The van der Waals surface area contributed by atoms with Crippen LogP contribution in [-0.2, 0) is 0 Å². The van der Waals surface area contributed by atoms with E-state index in [9.17, 15) is 0 Å². The lowest BCUT2D eigenvalue weighted by molar-refractivity contribution is 0.205. The Labute approximate surface area is 83.3 Å². The topological polar surface area (TPSA) is 14.1 Å². The van der Waals surface area contributed by atoms with Gasteiger partial charge >= 0.3 is 0 Å². The minimum absolute atomic E-state index is 0.483. The number of nitrogens with zero attached hydrogens (tertiary/aromatic N) is 1. The van der Waals surface area contributed by atoms with Crippen molar-refractivity contribution in [3.63, 3.8) is 0 Å². The Kier molecular flexibility index (Phi) is 3.78. The van der Waals surface area contributed by atoms with Crippen molar-refractivity contribution in [2.24, 2.45) is 17.3 Å². The van der Waals surface area contributed by atoms with Crippen LogP contribution in [0.1, 0.15) is 47.0 Å². The van der Waals surface area contributed by atoms with Gasteiger partial charge in [0.05, 0.1) is 0 Å². The first-order valence-electron chi connectivity index (χ1n) is 5.62. The lowest BCUT2D eigenvalue weighted by atomic mass is 9.77. The zero-order valence-electron chi connectivity index (χ0n) is 9.64. The summed E-state index contributed by atoms with van der Waals surface area (Å²) in [6.45, 7) is 11.6. The predicted octanol–water partition coefficient (Wildman–Crippen LogP) is 3.07. The van der Waals surface area contributed by atoms with Gasteiger partial charge in [0.25, 0.3) is 0 Å². The molecule has 13 heavy (non-hydrogen) atoms. The summed E-state index contributed by atoms with van der Waals surface area (Å²) in [7, 11) is 0. The van der Waals surface area contributed by atoms with Gasteiger partial charge in [0, 0.05) is 13.1 Å². The number of hydrogen-bond acceptors (Lipinski definition) is 0. The van der Waals surface area contributed by atoms with Crippen molar-refractivity contribution in [1.29, 1.82) is 0 Å². The van der Waals surface area contributed by atoms with Gasteiger partial charge in [0.15, 0.2) is 0 Å². The smallest absolute Gasteiger partial charge is 0.0164 e. The van der Waals surface area contributed by atoms with Crippen LogP contribution in [-0.4, -0.2) is 13.1 Å². The minimum atomic E-state index is 0.483. The summed E-state index contributed by atoms with van der Waals surface area (Å²) in [5.74, 6) is 1.72. The Bertz CT molecular complexity index is 140. The average Bonchev–Trinajstić information content (AvgIpc) is 2.03. The highest BCUT2D eigenvalue weighted by Gasteiger charge is 2.24. The van der Waals surface area contributed by atoms with Crippen molar-refractivity contribution < 1.29 is 0 Å². The minimum Gasteiger partial charge on any atom is -0.241 e. The summed E-state index contributed by atoms with van der Waals surface area (Å²) in [4.78, 5) is 0. The van der Waals surface area contributed by atoms with Crippen molar-refractivity contribution in [2.45, 2.75) is 47.0 Å². The van der Waals surface area contributed by atoms with E-state index in [4.69, 9.17) is 0 Å². The van der Waals surface area contributed by atoms with Gasteiger partial charge in [-0.05, 0) is 36.5 Å². The van der Waals surface area contributed by atoms with Gasteiger partial charge in [-0.25, -0.2) is 5.32 Å². The fourth-order valence-corrected chi connectivity index (χ4v) is 2.41. The molecule has 0 aromatic rings. The first-order chi connectivity index (χ1) is 5.99. The maximum Gasteiger partial charge on any atom is 0.0164 e. The Hall–Kier alpha value is -0.0400. The standard InChI is InChI=1S/C12H24N/c1-10(8-12(2,3)4)11-6-5-7-13-9-11/h10-11H,5-9H2,1-4H3. The fraction of sp³-hybridized carbons (Fsp3) is 1.00. The van der Waals surface area contributed by atoms with Crippen LogP contribution in [0.25, 0.3) is 0 Å². The SMILES string of the molecule is CC(CC(C)(C)C)C1CCC[N]C1. The summed E-state index contributed by atoms with van der Waals surface area (Å²) >= 11 is 0. The Morgan fingerprint density at radius 1 is 1.38 bits per heavy atom. The summed E-state index contributed by atoms with van der Waals surface area (Å²) in [5, 5.41) is 4.51. The van der Waals surface area contributed by atoms with Crippen LogP contribution < -0.4 is 5.32 Å². The average molecular weight is 182 g/mol. The van der Waals surface area contributed by atoms with Crippen LogP contribution in [0.4, 0.5) is 0 Å².